The molecule has 0 saturated carbocycles. The van der Waals surface area contributed by atoms with Crippen molar-refractivity contribution in [2.24, 2.45) is 7.05 Å². The lowest BCUT2D eigenvalue weighted by atomic mass is 9.91. The summed E-state index contributed by atoms with van der Waals surface area (Å²) in [5.74, 6) is 0.876. The summed E-state index contributed by atoms with van der Waals surface area (Å²) in [5, 5.41) is 7.75. The average molecular weight is 244 g/mol. The van der Waals surface area contributed by atoms with Gasteiger partial charge in [0.1, 0.15) is 5.82 Å². The van der Waals surface area contributed by atoms with Crippen LogP contribution in [0, 0.1) is 0 Å². The Hall–Kier alpha value is -2.04. The summed E-state index contributed by atoms with van der Waals surface area (Å²) < 4.78 is 1.78. The number of pyridine rings is 1. The van der Waals surface area contributed by atoms with E-state index in [9.17, 15) is 4.79 Å². The first-order valence-electron chi connectivity index (χ1n) is 6.20. The van der Waals surface area contributed by atoms with Gasteiger partial charge in [0.2, 0.25) is 5.56 Å². The van der Waals surface area contributed by atoms with Gasteiger partial charge in [-0.2, -0.15) is 5.10 Å². The quantitative estimate of drug-likeness (QED) is 0.843. The zero-order chi connectivity index (χ0) is 12.5. The van der Waals surface area contributed by atoms with E-state index in [-0.39, 0.29) is 11.6 Å². The number of hydrogen-bond donors (Lipinski definition) is 2. The van der Waals surface area contributed by atoms with E-state index in [2.05, 4.69) is 15.4 Å². The highest BCUT2D eigenvalue weighted by Crippen LogP contribution is 2.30. The fourth-order valence-electron chi connectivity index (χ4n) is 2.52. The fourth-order valence-corrected chi connectivity index (χ4v) is 2.52. The lowest BCUT2D eigenvalue weighted by Gasteiger charge is -2.25. The highest BCUT2D eigenvalue weighted by molar-refractivity contribution is 5.39. The second kappa shape index (κ2) is 4.33. The van der Waals surface area contributed by atoms with Crippen molar-refractivity contribution in [1.82, 2.24) is 14.8 Å². The fraction of sp³-hybridized carbons (Fsp3) is 0.385. The summed E-state index contributed by atoms with van der Waals surface area (Å²) >= 11 is 0. The van der Waals surface area contributed by atoms with Crippen molar-refractivity contribution in [3.05, 3.63) is 46.0 Å². The Balaban J connectivity index is 1.89. The van der Waals surface area contributed by atoms with Gasteiger partial charge in [0.25, 0.3) is 0 Å². The second-order valence-electron chi connectivity index (χ2n) is 4.72. The van der Waals surface area contributed by atoms with Gasteiger partial charge in [0.15, 0.2) is 0 Å². The Kier molecular flexibility index (Phi) is 2.66. The standard InChI is InChI=1S/C13H16N4O/c1-17-8-7-12(16-17)14-10-3-2-4-11-9(10)5-6-13(18)15-11/h5-8,10H,2-4H2,1H3,(H,14,16)(H,15,18). The molecule has 1 atom stereocenters. The van der Waals surface area contributed by atoms with Crippen LogP contribution < -0.4 is 10.9 Å². The van der Waals surface area contributed by atoms with Crippen LogP contribution in [-0.2, 0) is 13.5 Å². The van der Waals surface area contributed by atoms with Crippen LogP contribution in [0.1, 0.15) is 30.1 Å². The van der Waals surface area contributed by atoms with Crippen LogP contribution in [0.25, 0.3) is 0 Å². The molecule has 0 radical (unpaired) electrons. The molecule has 0 spiro atoms. The molecule has 0 saturated heterocycles. The predicted octanol–water partition coefficient (Wildman–Crippen LogP) is 1.60. The van der Waals surface area contributed by atoms with E-state index in [0.29, 0.717) is 0 Å². The summed E-state index contributed by atoms with van der Waals surface area (Å²) in [6.07, 6.45) is 5.01. The SMILES string of the molecule is Cn1ccc(NC2CCCc3[nH]c(=O)ccc32)n1. The number of aromatic amines is 1. The van der Waals surface area contributed by atoms with Crippen molar-refractivity contribution in [2.45, 2.75) is 25.3 Å². The second-order valence-corrected chi connectivity index (χ2v) is 4.72. The first-order valence-corrected chi connectivity index (χ1v) is 6.20. The molecule has 18 heavy (non-hydrogen) atoms. The van der Waals surface area contributed by atoms with Gasteiger partial charge in [-0.3, -0.25) is 9.48 Å². The van der Waals surface area contributed by atoms with Crippen LogP contribution in [-0.4, -0.2) is 14.8 Å². The molecule has 1 aliphatic rings. The third kappa shape index (κ3) is 2.03. The number of aromatic nitrogens is 3. The minimum absolute atomic E-state index is 0.0211. The molecule has 0 fully saturated rings. The Morgan fingerprint density at radius 2 is 2.33 bits per heavy atom. The highest BCUT2D eigenvalue weighted by Gasteiger charge is 2.21. The number of aryl methyl sites for hydroxylation is 2. The normalized spacial score (nSPS) is 18.4. The van der Waals surface area contributed by atoms with Gasteiger partial charge in [-0.25, -0.2) is 0 Å². The summed E-state index contributed by atoms with van der Waals surface area (Å²) in [5.41, 5.74) is 2.22. The molecule has 2 aromatic rings. The molecule has 5 heteroatoms. The van der Waals surface area contributed by atoms with Gasteiger partial charge >= 0.3 is 0 Å². The lowest BCUT2D eigenvalue weighted by Crippen LogP contribution is -2.21. The summed E-state index contributed by atoms with van der Waals surface area (Å²) in [7, 11) is 1.90. The van der Waals surface area contributed by atoms with E-state index in [1.807, 2.05) is 25.4 Å². The average Bonchev–Trinajstić information content (AvgIpc) is 2.75. The van der Waals surface area contributed by atoms with Crippen molar-refractivity contribution < 1.29 is 0 Å². The molecular formula is C13H16N4O. The van der Waals surface area contributed by atoms with E-state index >= 15 is 0 Å². The molecule has 2 aromatic heterocycles. The third-order valence-corrected chi connectivity index (χ3v) is 3.37. The molecule has 0 aliphatic heterocycles. The van der Waals surface area contributed by atoms with Crippen molar-refractivity contribution in [2.75, 3.05) is 5.32 Å². The smallest absolute Gasteiger partial charge is 0.248 e. The number of anilines is 1. The molecule has 1 aliphatic carbocycles. The van der Waals surface area contributed by atoms with Gasteiger partial charge in [-0.05, 0) is 30.9 Å². The maximum Gasteiger partial charge on any atom is 0.248 e. The van der Waals surface area contributed by atoms with E-state index in [0.717, 1.165) is 30.8 Å². The number of H-pyrrole nitrogens is 1. The van der Waals surface area contributed by atoms with Crippen LogP contribution in [0.5, 0.6) is 0 Å². The molecule has 94 valence electrons. The monoisotopic (exact) mass is 244 g/mol. The summed E-state index contributed by atoms with van der Waals surface area (Å²) in [6.45, 7) is 0. The van der Waals surface area contributed by atoms with Crippen molar-refractivity contribution >= 4 is 5.82 Å². The third-order valence-electron chi connectivity index (χ3n) is 3.37. The van der Waals surface area contributed by atoms with Crippen molar-refractivity contribution in [3.63, 3.8) is 0 Å². The van der Waals surface area contributed by atoms with Gasteiger partial charge in [-0.1, -0.05) is 0 Å². The zero-order valence-electron chi connectivity index (χ0n) is 10.3. The Bertz CT molecular complexity index is 613. The first kappa shape index (κ1) is 11.1. The van der Waals surface area contributed by atoms with E-state index in [1.165, 1.54) is 5.56 Å². The van der Waals surface area contributed by atoms with Crippen LogP contribution in [0.15, 0.2) is 29.2 Å². The summed E-state index contributed by atoms with van der Waals surface area (Å²) in [4.78, 5) is 14.2. The Morgan fingerprint density at radius 1 is 1.44 bits per heavy atom. The van der Waals surface area contributed by atoms with E-state index in [4.69, 9.17) is 0 Å². The minimum Gasteiger partial charge on any atom is -0.362 e. The first-order chi connectivity index (χ1) is 8.72. The number of hydrogen-bond acceptors (Lipinski definition) is 3. The van der Waals surface area contributed by atoms with Crippen LogP contribution in [0.3, 0.4) is 0 Å². The molecule has 3 rings (SSSR count). The van der Waals surface area contributed by atoms with Gasteiger partial charge < -0.3 is 10.3 Å². The highest BCUT2D eigenvalue weighted by atomic mass is 16.1. The summed E-state index contributed by atoms with van der Waals surface area (Å²) in [6, 6.07) is 5.71. The van der Waals surface area contributed by atoms with Gasteiger partial charge in [0.05, 0.1) is 6.04 Å². The maximum absolute atomic E-state index is 11.3. The number of rotatable bonds is 2. The molecule has 2 heterocycles. The number of fused-ring (bicyclic) bond motifs is 1. The molecular weight excluding hydrogens is 228 g/mol. The van der Waals surface area contributed by atoms with Crippen molar-refractivity contribution in [1.29, 1.82) is 0 Å². The Morgan fingerprint density at radius 3 is 3.11 bits per heavy atom. The van der Waals surface area contributed by atoms with Crippen LogP contribution >= 0.6 is 0 Å². The van der Waals surface area contributed by atoms with Gasteiger partial charge in [-0.15, -0.1) is 0 Å². The maximum atomic E-state index is 11.3. The predicted molar refractivity (Wildman–Crippen MR) is 69.6 cm³/mol. The lowest BCUT2D eigenvalue weighted by molar-refractivity contribution is 0.583. The number of nitrogens with zero attached hydrogens (tertiary/aromatic N) is 2. The largest absolute Gasteiger partial charge is 0.362 e. The van der Waals surface area contributed by atoms with Crippen LogP contribution in [0.2, 0.25) is 0 Å². The van der Waals surface area contributed by atoms with Gasteiger partial charge in [0, 0.05) is 31.1 Å². The molecule has 0 aromatic carbocycles. The van der Waals surface area contributed by atoms with E-state index in [1.54, 1.807) is 10.7 Å². The topological polar surface area (TPSA) is 62.7 Å². The molecule has 0 bridgehead atoms. The van der Waals surface area contributed by atoms with E-state index < -0.39 is 0 Å². The molecule has 2 N–H and O–H groups in total. The molecule has 0 amide bonds. The van der Waals surface area contributed by atoms with Crippen molar-refractivity contribution in [3.8, 4) is 0 Å². The number of nitrogens with one attached hydrogen (secondary N) is 2. The minimum atomic E-state index is -0.0211. The molecule has 5 nitrogen and oxygen atoms in total. The Labute approximate surface area is 105 Å². The van der Waals surface area contributed by atoms with Crippen LogP contribution in [0.4, 0.5) is 5.82 Å². The zero-order valence-corrected chi connectivity index (χ0v) is 10.3. The molecule has 1 unspecified atom stereocenters.